The summed E-state index contributed by atoms with van der Waals surface area (Å²) in [6.45, 7) is 3.41. The number of nitrogens with one attached hydrogen (secondary N) is 1. The van der Waals surface area contributed by atoms with Gasteiger partial charge in [-0.25, -0.2) is 0 Å². The van der Waals surface area contributed by atoms with Crippen LogP contribution in [0.25, 0.3) is 0 Å². The van der Waals surface area contributed by atoms with Crippen LogP contribution in [0.15, 0.2) is 22.8 Å². The van der Waals surface area contributed by atoms with Crippen molar-refractivity contribution in [3.05, 3.63) is 24.2 Å². The van der Waals surface area contributed by atoms with Crippen LogP contribution in [0, 0.1) is 5.92 Å². The van der Waals surface area contributed by atoms with Gasteiger partial charge in [0.1, 0.15) is 5.76 Å². The van der Waals surface area contributed by atoms with Crippen molar-refractivity contribution < 1.29 is 4.42 Å². The van der Waals surface area contributed by atoms with Gasteiger partial charge in [-0.1, -0.05) is 19.8 Å². The zero-order valence-corrected chi connectivity index (χ0v) is 9.54. The summed E-state index contributed by atoms with van der Waals surface area (Å²) < 4.78 is 5.30. The van der Waals surface area contributed by atoms with Crippen LogP contribution in [0.5, 0.6) is 0 Å². The lowest BCUT2D eigenvalue weighted by Gasteiger charge is -2.27. The van der Waals surface area contributed by atoms with Gasteiger partial charge in [0, 0.05) is 19.0 Å². The van der Waals surface area contributed by atoms with Crippen LogP contribution in [0.2, 0.25) is 0 Å². The molecule has 1 aromatic heterocycles. The van der Waals surface area contributed by atoms with Crippen LogP contribution in [0.4, 0.5) is 0 Å². The summed E-state index contributed by atoms with van der Waals surface area (Å²) in [5, 5.41) is 3.63. The van der Waals surface area contributed by atoms with Gasteiger partial charge in [-0.3, -0.25) is 0 Å². The van der Waals surface area contributed by atoms with E-state index in [1.54, 1.807) is 6.26 Å². The van der Waals surface area contributed by atoms with Gasteiger partial charge in [-0.2, -0.15) is 0 Å². The second kappa shape index (κ2) is 5.36. The largest absolute Gasteiger partial charge is 0.469 e. The fourth-order valence-corrected chi connectivity index (χ4v) is 2.47. The molecule has 1 heterocycles. The van der Waals surface area contributed by atoms with Gasteiger partial charge in [0.25, 0.3) is 0 Å². The maximum absolute atomic E-state index is 5.30. The first-order chi connectivity index (χ1) is 7.34. The Bertz CT molecular complexity index is 268. The van der Waals surface area contributed by atoms with E-state index in [0.29, 0.717) is 0 Å². The van der Waals surface area contributed by atoms with Crippen molar-refractivity contribution in [2.75, 3.05) is 6.54 Å². The van der Waals surface area contributed by atoms with E-state index in [1.807, 2.05) is 12.1 Å². The summed E-state index contributed by atoms with van der Waals surface area (Å²) in [4.78, 5) is 0. The minimum Gasteiger partial charge on any atom is -0.469 e. The Kier molecular flexibility index (Phi) is 3.84. The highest BCUT2D eigenvalue weighted by Crippen LogP contribution is 2.23. The van der Waals surface area contributed by atoms with Crippen LogP contribution in [-0.4, -0.2) is 12.6 Å². The molecule has 1 fully saturated rings. The van der Waals surface area contributed by atoms with Crippen molar-refractivity contribution in [2.24, 2.45) is 5.92 Å². The van der Waals surface area contributed by atoms with Gasteiger partial charge < -0.3 is 9.73 Å². The molecule has 2 heteroatoms. The van der Waals surface area contributed by atoms with E-state index in [4.69, 9.17) is 4.42 Å². The molecule has 0 bridgehead atoms. The summed E-state index contributed by atoms with van der Waals surface area (Å²) in [6, 6.07) is 4.74. The van der Waals surface area contributed by atoms with Gasteiger partial charge in [0.15, 0.2) is 0 Å². The van der Waals surface area contributed by atoms with E-state index in [9.17, 15) is 0 Å². The summed E-state index contributed by atoms with van der Waals surface area (Å²) in [6.07, 6.45) is 8.26. The van der Waals surface area contributed by atoms with E-state index < -0.39 is 0 Å². The first kappa shape index (κ1) is 10.7. The monoisotopic (exact) mass is 207 g/mol. The highest BCUT2D eigenvalue weighted by Gasteiger charge is 2.17. The minimum absolute atomic E-state index is 0.740. The molecule has 1 saturated carbocycles. The standard InChI is InChI=1S/C13H21NO/c1-11-4-2-5-12(10-11)14-8-7-13-6-3-9-15-13/h3,6,9,11-12,14H,2,4-5,7-8,10H2,1H3. The van der Waals surface area contributed by atoms with Gasteiger partial charge in [-0.15, -0.1) is 0 Å². The Balaban J connectivity index is 1.65. The second-order valence-corrected chi connectivity index (χ2v) is 4.75. The maximum Gasteiger partial charge on any atom is 0.105 e. The lowest BCUT2D eigenvalue weighted by Crippen LogP contribution is -2.34. The predicted molar refractivity (Wildman–Crippen MR) is 61.8 cm³/mol. The van der Waals surface area contributed by atoms with E-state index >= 15 is 0 Å². The number of furan rings is 1. The number of hydrogen-bond acceptors (Lipinski definition) is 2. The highest BCUT2D eigenvalue weighted by molar-refractivity contribution is 4.98. The van der Waals surface area contributed by atoms with E-state index in [1.165, 1.54) is 25.7 Å². The van der Waals surface area contributed by atoms with Crippen LogP contribution in [-0.2, 0) is 6.42 Å². The summed E-state index contributed by atoms with van der Waals surface area (Å²) >= 11 is 0. The molecule has 15 heavy (non-hydrogen) atoms. The summed E-state index contributed by atoms with van der Waals surface area (Å²) in [5.74, 6) is 1.99. The molecule has 1 aliphatic rings. The molecule has 0 saturated heterocycles. The first-order valence-electron chi connectivity index (χ1n) is 6.10. The molecule has 0 radical (unpaired) electrons. The lowest BCUT2D eigenvalue weighted by molar-refractivity contribution is 0.301. The van der Waals surface area contributed by atoms with Crippen molar-refractivity contribution in [1.82, 2.24) is 5.32 Å². The Morgan fingerprint density at radius 1 is 1.47 bits per heavy atom. The SMILES string of the molecule is CC1CCCC(NCCc2ccco2)C1. The van der Waals surface area contributed by atoms with Gasteiger partial charge in [0.05, 0.1) is 6.26 Å². The molecule has 0 aliphatic heterocycles. The summed E-state index contributed by atoms with van der Waals surface area (Å²) in [7, 11) is 0. The smallest absolute Gasteiger partial charge is 0.105 e. The van der Waals surface area contributed by atoms with Crippen LogP contribution >= 0.6 is 0 Å². The zero-order valence-electron chi connectivity index (χ0n) is 9.54. The third-order valence-corrected chi connectivity index (χ3v) is 3.32. The van der Waals surface area contributed by atoms with Crippen LogP contribution in [0.3, 0.4) is 0 Å². The summed E-state index contributed by atoms with van der Waals surface area (Å²) in [5.41, 5.74) is 0. The van der Waals surface area contributed by atoms with Gasteiger partial charge >= 0.3 is 0 Å². The average molecular weight is 207 g/mol. The molecule has 1 N–H and O–H groups in total. The molecule has 2 unspecified atom stereocenters. The molecule has 0 amide bonds. The molecular formula is C13H21NO. The van der Waals surface area contributed by atoms with Crippen molar-refractivity contribution in [3.8, 4) is 0 Å². The topological polar surface area (TPSA) is 25.2 Å². The fourth-order valence-electron chi connectivity index (χ4n) is 2.47. The van der Waals surface area contributed by atoms with E-state index in [0.717, 1.165) is 30.7 Å². The minimum atomic E-state index is 0.740. The Morgan fingerprint density at radius 2 is 2.40 bits per heavy atom. The first-order valence-corrected chi connectivity index (χ1v) is 6.10. The molecule has 1 aliphatic carbocycles. The molecule has 1 aromatic rings. The predicted octanol–water partition coefficient (Wildman–Crippen LogP) is 2.99. The van der Waals surface area contributed by atoms with Crippen molar-refractivity contribution in [3.63, 3.8) is 0 Å². The average Bonchev–Trinajstić information content (AvgIpc) is 2.71. The molecule has 2 nitrogen and oxygen atoms in total. The van der Waals surface area contributed by atoms with Gasteiger partial charge in [-0.05, 0) is 30.9 Å². The third kappa shape index (κ3) is 3.38. The molecule has 2 rings (SSSR count). The number of rotatable bonds is 4. The Hall–Kier alpha value is -0.760. The van der Waals surface area contributed by atoms with Gasteiger partial charge in [0.2, 0.25) is 0 Å². The van der Waals surface area contributed by atoms with E-state index in [2.05, 4.69) is 12.2 Å². The quantitative estimate of drug-likeness (QED) is 0.821. The van der Waals surface area contributed by atoms with Crippen LogP contribution in [0.1, 0.15) is 38.4 Å². The Labute approximate surface area is 92.1 Å². The highest BCUT2D eigenvalue weighted by atomic mass is 16.3. The van der Waals surface area contributed by atoms with Crippen LogP contribution < -0.4 is 5.32 Å². The van der Waals surface area contributed by atoms with Crippen molar-refractivity contribution >= 4 is 0 Å². The molecule has 0 aromatic carbocycles. The van der Waals surface area contributed by atoms with Crippen molar-refractivity contribution in [1.29, 1.82) is 0 Å². The van der Waals surface area contributed by atoms with Crippen molar-refractivity contribution in [2.45, 2.75) is 45.1 Å². The molecule has 2 atom stereocenters. The molecular weight excluding hydrogens is 186 g/mol. The molecule has 84 valence electrons. The zero-order chi connectivity index (χ0) is 10.5. The lowest BCUT2D eigenvalue weighted by atomic mass is 9.87. The Morgan fingerprint density at radius 3 is 3.13 bits per heavy atom. The maximum atomic E-state index is 5.30. The second-order valence-electron chi connectivity index (χ2n) is 4.75. The normalized spacial score (nSPS) is 26.7. The third-order valence-electron chi connectivity index (χ3n) is 3.32. The van der Waals surface area contributed by atoms with E-state index in [-0.39, 0.29) is 0 Å². The fraction of sp³-hybridized carbons (Fsp3) is 0.692. The molecule has 0 spiro atoms. The number of hydrogen-bond donors (Lipinski definition) is 1.